The lowest BCUT2D eigenvalue weighted by Crippen LogP contribution is -2.02. The predicted octanol–water partition coefficient (Wildman–Crippen LogP) is 4.04. The second-order valence-electron chi connectivity index (χ2n) is 4.56. The molecule has 0 aliphatic carbocycles. The molecular formula is C17H15NOS. The Hall–Kier alpha value is -1.84. The summed E-state index contributed by atoms with van der Waals surface area (Å²) in [6, 6.07) is 17.7. The standard InChI is InChI=1S/C17H15NOS/c1-20-16-10-3-2-6-14(16)17(19)13-7-4-9-15-12(13)8-5-11-18-15/h2-11,17,19H,1H3. The number of aliphatic hydroxyl groups is 1. The molecule has 0 saturated heterocycles. The van der Waals surface area contributed by atoms with Crippen molar-refractivity contribution in [2.45, 2.75) is 11.0 Å². The van der Waals surface area contributed by atoms with Crippen molar-refractivity contribution < 1.29 is 5.11 Å². The third kappa shape index (κ3) is 2.30. The van der Waals surface area contributed by atoms with Gasteiger partial charge in [-0.05, 0) is 35.6 Å². The van der Waals surface area contributed by atoms with Crippen LogP contribution in [0, 0.1) is 0 Å². The number of aromatic nitrogens is 1. The van der Waals surface area contributed by atoms with Gasteiger partial charge in [0, 0.05) is 16.5 Å². The van der Waals surface area contributed by atoms with Crippen molar-refractivity contribution in [3.05, 3.63) is 71.9 Å². The van der Waals surface area contributed by atoms with Crippen LogP contribution in [0.1, 0.15) is 17.2 Å². The fourth-order valence-electron chi connectivity index (χ4n) is 2.43. The van der Waals surface area contributed by atoms with Crippen LogP contribution >= 0.6 is 11.8 Å². The van der Waals surface area contributed by atoms with E-state index in [-0.39, 0.29) is 0 Å². The summed E-state index contributed by atoms with van der Waals surface area (Å²) in [5, 5.41) is 11.8. The molecule has 0 fully saturated rings. The minimum Gasteiger partial charge on any atom is -0.384 e. The summed E-state index contributed by atoms with van der Waals surface area (Å²) in [5.41, 5.74) is 2.75. The first kappa shape index (κ1) is 13.2. The van der Waals surface area contributed by atoms with E-state index in [0.717, 1.165) is 26.9 Å². The van der Waals surface area contributed by atoms with Gasteiger partial charge in [0.15, 0.2) is 0 Å². The van der Waals surface area contributed by atoms with Gasteiger partial charge in [0.1, 0.15) is 6.10 Å². The SMILES string of the molecule is CSc1ccccc1C(O)c1cccc2ncccc12. The number of hydrogen-bond donors (Lipinski definition) is 1. The van der Waals surface area contributed by atoms with Crippen molar-refractivity contribution in [1.82, 2.24) is 4.98 Å². The maximum Gasteiger partial charge on any atom is 0.106 e. The summed E-state index contributed by atoms with van der Waals surface area (Å²) in [5.74, 6) is 0. The zero-order chi connectivity index (χ0) is 13.9. The highest BCUT2D eigenvalue weighted by Gasteiger charge is 2.16. The van der Waals surface area contributed by atoms with Gasteiger partial charge in [-0.2, -0.15) is 0 Å². The average Bonchev–Trinajstić information content (AvgIpc) is 2.53. The first-order chi connectivity index (χ1) is 9.81. The van der Waals surface area contributed by atoms with Gasteiger partial charge in [0.05, 0.1) is 5.52 Å². The maximum absolute atomic E-state index is 10.8. The second-order valence-corrected chi connectivity index (χ2v) is 5.41. The smallest absolute Gasteiger partial charge is 0.106 e. The Labute approximate surface area is 122 Å². The fraction of sp³-hybridized carbons (Fsp3) is 0.118. The van der Waals surface area contributed by atoms with Crippen LogP contribution < -0.4 is 0 Å². The molecule has 0 radical (unpaired) electrons. The molecule has 1 aromatic heterocycles. The Kier molecular flexibility index (Phi) is 3.72. The normalized spacial score (nSPS) is 12.5. The summed E-state index contributed by atoms with van der Waals surface area (Å²) >= 11 is 1.65. The zero-order valence-electron chi connectivity index (χ0n) is 11.2. The molecule has 3 aromatic rings. The zero-order valence-corrected chi connectivity index (χ0v) is 12.0. The second kappa shape index (κ2) is 5.65. The Balaban J connectivity index is 2.15. The Bertz CT molecular complexity index is 736. The van der Waals surface area contributed by atoms with Crippen LogP contribution in [0.5, 0.6) is 0 Å². The summed E-state index contributed by atoms with van der Waals surface area (Å²) in [4.78, 5) is 5.44. The Morgan fingerprint density at radius 2 is 1.75 bits per heavy atom. The summed E-state index contributed by atoms with van der Waals surface area (Å²) in [6.45, 7) is 0. The number of pyridine rings is 1. The lowest BCUT2D eigenvalue weighted by molar-refractivity contribution is 0.219. The molecule has 2 aromatic carbocycles. The monoisotopic (exact) mass is 281 g/mol. The number of hydrogen-bond acceptors (Lipinski definition) is 3. The van der Waals surface area contributed by atoms with Crippen molar-refractivity contribution in [2.24, 2.45) is 0 Å². The van der Waals surface area contributed by atoms with E-state index in [1.165, 1.54) is 0 Å². The van der Waals surface area contributed by atoms with Gasteiger partial charge in [-0.25, -0.2) is 0 Å². The summed E-state index contributed by atoms with van der Waals surface area (Å²) in [7, 11) is 0. The fourth-order valence-corrected chi connectivity index (χ4v) is 3.06. The molecule has 3 heteroatoms. The molecule has 0 aliphatic rings. The molecule has 2 nitrogen and oxygen atoms in total. The van der Waals surface area contributed by atoms with E-state index < -0.39 is 6.10 Å². The van der Waals surface area contributed by atoms with Crippen LogP contribution in [0.3, 0.4) is 0 Å². The molecule has 1 N–H and O–H groups in total. The van der Waals surface area contributed by atoms with Gasteiger partial charge < -0.3 is 5.11 Å². The lowest BCUT2D eigenvalue weighted by Gasteiger charge is -2.16. The summed E-state index contributed by atoms with van der Waals surface area (Å²) in [6.07, 6.45) is 3.16. The largest absolute Gasteiger partial charge is 0.384 e. The van der Waals surface area contributed by atoms with Gasteiger partial charge in [-0.3, -0.25) is 4.98 Å². The van der Waals surface area contributed by atoms with Crippen LogP contribution in [-0.2, 0) is 0 Å². The van der Waals surface area contributed by atoms with E-state index in [4.69, 9.17) is 0 Å². The molecule has 0 bridgehead atoms. The van der Waals surface area contributed by atoms with E-state index in [0.29, 0.717) is 0 Å². The molecule has 0 spiro atoms. The van der Waals surface area contributed by atoms with Gasteiger partial charge in [-0.15, -0.1) is 11.8 Å². The molecule has 0 saturated carbocycles. The number of nitrogens with zero attached hydrogens (tertiary/aromatic N) is 1. The number of fused-ring (bicyclic) bond motifs is 1. The molecule has 3 rings (SSSR count). The summed E-state index contributed by atoms with van der Waals surface area (Å²) < 4.78 is 0. The molecule has 20 heavy (non-hydrogen) atoms. The van der Waals surface area contributed by atoms with Crippen molar-refractivity contribution in [1.29, 1.82) is 0 Å². The number of thioether (sulfide) groups is 1. The van der Waals surface area contributed by atoms with Crippen molar-refractivity contribution >= 4 is 22.7 Å². The molecule has 1 unspecified atom stereocenters. The Morgan fingerprint density at radius 3 is 2.60 bits per heavy atom. The maximum atomic E-state index is 10.8. The minimum atomic E-state index is -0.633. The highest BCUT2D eigenvalue weighted by molar-refractivity contribution is 7.98. The first-order valence-electron chi connectivity index (χ1n) is 6.46. The number of benzene rings is 2. The number of aliphatic hydroxyl groups excluding tert-OH is 1. The van der Waals surface area contributed by atoms with Crippen LogP contribution in [-0.4, -0.2) is 16.3 Å². The number of rotatable bonds is 3. The lowest BCUT2D eigenvalue weighted by atomic mass is 9.97. The van der Waals surface area contributed by atoms with Crippen LogP contribution in [0.4, 0.5) is 0 Å². The van der Waals surface area contributed by atoms with Crippen molar-refractivity contribution in [2.75, 3.05) is 6.26 Å². The molecule has 1 atom stereocenters. The van der Waals surface area contributed by atoms with Crippen LogP contribution in [0.15, 0.2) is 65.7 Å². The van der Waals surface area contributed by atoms with Gasteiger partial charge >= 0.3 is 0 Å². The van der Waals surface area contributed by atoms with Crippen LogP contribution in [0.2, 0.25) is 0 Å². The highest BCUT2D eigenvalue weighted by atomic mass is 32.2. The van der Waals surface area contributed by atoms with Gasteiger partial charge in [-0.1, -0.05) is 36.4 Å². The topological polar surface area (TPSA) is 33.1 Å². The van der Waals surface area contributed by atoms with Gasteiger partial charge in [0.2, 0.25) is 0 Å². The van der Waals surface area contributed by atoms with E-state index in [1.54, 1.807) is 18.0 Å². The molecular weight excluding hydrogens is 266 g/mol. The van der Waals surface area contributed by atoms with Crippen molar-refractivity contribution in [3.63, 3.8) is 0 Å². The van der Waals surface area contributed by atoms with E-state index in [2.05, 4.69) is 4.98 Å². The minimum absolute atomic E-state index is 0.633. The average molecular weight is 281 g/mol. The molecule has 100 valence electrons. The quantitative estimate of drug-likeness (QED) is 0.736. The predicted molar refractivity (Wildman–Crippen MR) is 84.0 cm³/mol. The molecule has 1 heterocycles. The van der Waals surface area contributed by atoms with Crippen LogP contribution in [0.25, 0.3) is 10.9 Å². The third-order valence-electron chi connectivity index (χ3n) is 3.41. The van der Waals surface area contributed by atoms with Gasteiger partial charge in [0.25, 0.3) is 0 Å². The third-order valence-corrected chi connectivity index (χ3v) is 4.22. The van der Waals surface area contributed by atoms with E-state index >= 15 is 0 Å². The van der Waals surface area contributed by atoms with Crippen molar-refractivity contribution in [3.8, 4) is 0 Å². The first-order valence-corrected chi connectivity index (χ1v) is 7.68. The van der Waals surface area contributed by atoms with E-state index in [9.17, 15) is 5.11 Å². The van der Waals surface area contributed by atoms with E-state index in [1.807, 2.05) is 60.9 Å². The molecule has 0 aliphatic heterocycles. The molecule has 0 amide bonds. The Morgan fingerprint density at radius 1 is 0.950 bits per heavy atom. The highest BCUT2D eigenvalue weighted by Crippen LogP contribution is 2.33.